The molecule has 0 spiro atoms. The van der Waals surface area contributed by atoms with E-state index in [4.69, 9.17) is 4.74 Å². The van der Waals surface area contributed by atoms with Gasteiger partial charge in [-0.15, -0.1) is 0 Å². The molecule has 1 amide bonds. The first-order valence-corrected chi connectivity index (χ1v) is 15.6. The Morgan fingerprint density at radius 2 is 1.59 bits per heavy atom. The summed E-state index contributed by atoms with van der Waals surface area (Å²) in [5, 5.41) is 20.7. The number of ketones is 1. The van der Waals surface area contributed by atoms with Crippen molar-refractivity contribution in [2.45, 2.75) is 44.6 Å². The zero-order valence-corrected chi connectivity index (χ0v) is 25.5. The van der Waals surface area contributed by atoms with E-state index in [-0.39, 0.29) is 23.3 Å². The van der Waals surface area contributed by atoms with Crippen LogP contribution in [0.4, 0.5) is 11.4 Å². The highest BCUT2D eigenvalue weighted by atomic mass is 16.6. The maximum absolute atomic E-state index is 13.9. The van der Waals surface area contributed by atoms with Crippen molar-refractivity contribution >= 4 is 29.0 Å². The van der Waals surface area contributed by atoms with E-state index < -0.39 is 29.5 Å². The molecule has 3 unspecified atom stereocenters. The number of anilines is 2. The molecular weight excluding hydrogens is 576 g/mol. The quantitative estimate of drug-likeness (QED) is 0.185. The minimum absolute atomic E-state index is 0.0187. The smallest absolute Gasteiger partial charge is 0.339 e. The number of amides is 1. The van der Waals surface area contributed by atoms with Crippen molar-refractivity contribution in [2.75, 3.05) is 4.90 Å². The maximum Gasteiger partial charge on any atom is 0.339 e. The Morgan fingerprint density at radius 3 is 2.22 bits per heavy atom. The van der Waals surface area contributed by atoms with Crippen LogP contribution in [0, 0.1) is 23.2 Å². The average Bonchev–Trinajstić information content (AvgIpc) is 3.94. The lowest BCUT2D eigenvalue weighted by Gasteiger charge is -2.32. The first-order valence-electron chi connectivity index (χ1n) is 15.6. The molecule has 4 aromatic rings. The minimum Gasteiger partial charge on any atom is -0.504 e. The van der Waals surface area contributed by atoms with Gasteiger partial charge in [0.05, 0.1) is 17.2 Å². The lowest BCUT2D eigenvalue weighted by atomic mass is 9.81. The molecule has 1 saturated carbocycles. The Hall–Kier alpha value is -5.48. The molecule has 230 valence electrons. The van der Waals surface area contributed by atoms with Crippen LogP contribution >= 0.6 is 0 Å². The second-order valence-corrected chi connectivity index (χ2v) is 11.9. The number of carbonyl (C=O) groups is 3. The second kappa shape index (κ2) is 13.3. The van der Waals surface area contributed by atoms with Crippen LogP contribution < -0.4 is 4.90 Å². The fraction of sp³-hybridized carbons (Fsp3) is 0.231. The summed E-state index contributed by atoms with van der Waals surface area (Å²) in [5.41, 5.74) is 3.75. The third kappa shape index (κ3) is 6.20. The molecule has 6 rings (SSSR count). The Labute approximate surface area is 268 Å². The number of cyclic esters (lactones) is 1. The zero-order chi connectivity index (χ0) is 32.2. The van der Waals surface area contributed by atoms with E-state index >= 15 is 0 Å². The summed E-state index contributed by atoms with van der Waals surface area (Å²) in [4.78, 5) is 42.8. The molecule has 2 aliphatic rings. The van der Waals surface area contributed by atoms with Crippen molar-refractivity contribution in [1.82, 2.24) is 0 Å². The Bertz CT molecular complexity index is 1820. The van der Waals surface area contributed by atoms with Crippen molar-refractivity contribution < 1.29 is 24.2 Å². The summed E-state index contributed by atoms with van der Waals surface area (Å²) in [5.74, 6) is -2.89. The summed E-state index contributed by atoms with van der Waals surface area (Å²) in [6, 6.07) is 34.8. The number of hydrogen-bond donors (Lipinski definition) is 1. The number of hydrogen-bond acceptors (Lipinski definition) is 6. The number of Topliss-reactive ketones (excluding diaryl/α,β-unsaturated/α-hetero) is 1. The molecule has 1 aliphatic heterocycles. The lowest BCUT2D eigenvalue weighted by Crippen LogP contribution is -2.42. The molecule has 1 aliphatic carbocycles. The standard InChI is InChI=1S/C39H34N2O5/c1-2-27(22-25-10-5-3-6-11-25)37-36(43)35(42)34(39(45)46-37)33(28-18-19-28)30-14-9-15-32(23-30)41(31-20-16-26(24-40)17-21-31)38(44)29-12-7-4-8-13-29/h3-17,20-21,23,27-28,33,37,42H,2,18-19,22H2,1H3. The number of esters is 1. The van der Waals surface area contributed by atoms with Gasteiger partial charge in [0.2, 0.25) is 5.78 Å². The van der Waals surface area contributed by atoms with Crippen molar-refractivity contribution in [3.05, 3.63) is 143 Å². The van der Waals surface area contributed by atoms with E-state index in [2.05, 4.69) is 6.07 Å². The van der Waals surface area contributed by atoms with Crippen molar-refractivity contribution in [3.8, 4) is 6.07 Å². The molecule has 0 bridgehead atoms. The monoisotopic (exact) mass is 610 g/mol. The number of aliphatic hydroxyl groups is 1. The number of rotatable bonds is 10. The van der Waals surface area contributed by atoms with Gasteiger partial charge < -0.3 is 9.84 Å². The van der Waals surface area contributed by atoms with Crippen LogP contribution in [-0.2, 0) is 20.7 Å². The first kappa shape index (κ1) is 30.5. The van der Waals surface area contributed by atoms with Crippen LogP contribution in [0.25, 0.3) is 0 Å². The number of benzene rings is 4. The summed E-state index contributed by atoms with van der Waals surface area (Å²) in [7, 11) is 0. The summed E-state index contributed by atoms with van der Waals surface area (Å²) < 4.78 is 5.85. The molecule has 4 aromatic carbocycles. The highest BCUT2D eigenvalue weighted by Crippen LogP contribution is 2.49. The van der Waals surface area contributed by atoms with Crippen LogP contribution in [0.15, 0.2) is 121 Å². The van der Waals surface area contributed by atoms with Crippen molar-refractivity contribution in [2.24, 2.45) is 11.8 Å². The zero-order valence-electron chi connectivity index (χ0n) is 25.5. The summed E-state index contributed by atoms with van der Waals surface area (Å²) in [6.45, 7) is 1.94. The van der Waals surface area contributed by atoms with Crippen molar-refractivity contribution in [1.29, 1.82) is 5.26 Å². The molecule has 46 heavy (non-hydrogen) atoms. The molecule has 0 saturated heterocycles. The molecule has 1 fully saturated rings. The maximum atomic E-state index is 13.9. The van der Waals surface area contributed by atoms with Gasteiger partial charge in [0.1, 0.15) is 0 Å². The Kier molecular flexibility index (Phi) is 8.80. The third-order valence-corrected chi connectivity index (χ3v) is 8.86. The van der Waals surface area contributed by atoms with Gasteiger partial charge in [-0.25, -0.2) is 4.79 Å². The number of aliphatic hydroxyl groups excluding tert-OH is 1. The van der Waals surface area contributed by atoms with E-state index in [1.807, 2.05) is 55.5 Å². The number of nitriles is 1. The molecule has 1 N–H and O–H groups in total. The second-order valence-electron chi connectivity index (χ2n) is 11.9. The highest BCUT2D eigenvalue weighted by Gasteiger charge is 2.47. The van der Waals surface area contributed by atoms with Crippen LogP contribution in [0.3, 0.4) is 0 Å². The highest BCUT2D eigenvalue weighted by molar-refractivity contribution is 6.11. The Balaban J connectivity index is 1.37. The fourth-order valence-corrected chi connectivity index (χ4v) is 6.30. The number of carbonyl (C=O) groups excluding carboxylic acids is 3. The fourth-order valence-electron chi connectivity index (χ4n) is 6.30. The summed E-state index contributed by atoms with van der Waals surface area (Å²) in [6.07, 6.45) is 1.71. The molecule has 3 atom stereocenters. The van der Waals surface area contributed by atoms with E-state index in [1.54, 1.807) is 65.6 Å². The minimum atomic E-state index is -1.07. The summed E-state index contributed by atoms with van der Waals surface area (Å²) >= 11 is 0. The van der Waals surface area contributed by atoms with Gasteiger partial charge in [-0.3, -0.25) is 14.5 Å². The predicted octanol–water partition coefficient (Wildman–Crippen LogP) is 7.61. The Morgan fingerprint density at radius 1 is 0.913 bits per heavy atom. The molecule has 7 heteroatoms. The van der Waals surface area contributed by atoms with Crippen LogP contribution in [0.2, 0.25) is 0 Å². The largest absolute Gasteiger partial charge is 0.504 e. The van der Waals surface area contributed by atoms with Gasteiger partial charge in [0.15, 0.2) is 11.9 Å². The van der Waals surface area contributed by atoms with E-state index in [0.29, 0.717) is 40.9 Å². The topological polar surface area (TPSA) is 108 Å². The molecule has 0 radical (unpaired) electrons. The third-order valence-electron chi connectivity index (χ3n) is 8.86. The van der Waals surface area contributed by atoms with Gasteiger partial charge in [0, 0.05) is 28.8 Å². The van der Waals surface area contributed by atoms with Crippen LogP contribution in [0.1, 0.15) is 59.2 Å². The lowest BCUT2D eigenvalue weighted by molar-refractivity contribution is -0.158. The SMILES string of the molecule is CCC(Cc1ccccc1)C1OC(=O)C(C(c2cccc(N(C(=O)c3ccccc3)c3ccc(C#N)cc3)c2)C2CC2)=C(O)C1=O. The molecular formula is C39H34N2O5. The average molecular weight is 611 g/mol. The number of ether oxygens (including phenoxy) is 1. The van der Waals surface area contributed by atoms with E-state index in [1.165, 1.54) is 0 Å². The van der Waals surface area contributed by atoms with Gasteiger partial charge in [-0.05, 0) is 91.3 Å². The van der Waals surface area contributed by atoms with E-state index in [0.717, 1.165) is 18.4 Å². The van der Waals surface area contributed by atoms with Crippen molar-refractivity contribution in [3.63, 3.8) is 0 Å². The molecule has 1 heterocycles. The normalized spacial score (nSPS) is 17.5. The van der Waals surface area contributed by atoms with Crippen LogP contribution in [-0.4, -0.2) is 28.9 Å². The van der Waals surface area contributed by atoms with E-state index in [9.17, 15) is 24.8 Å². The van der Waals surface area contributed by atoms with Crippen LogP contribution in [0.5, 0.6) is 0 Å². The van der Waals surface area contributed by atoms with Gasteiger partial charge in [-0.2, -0.15) is 5.26 Å². The molecule has 0 aromatic heterocycles. The van der Waals surface area contributed by atoms with Gasteiger partial charge in [0.25, 0.3) is 5.91 Å². The van der Waals surface area contributed by atoms with Gasteiger partial charge >= 0.3 is 5.97 Å². The number of nitrogens with zero attached hydrogens (tertiary/aromatic N) is 2. The van der Waals surface area contributed by atoms with Gasteiger partial charge in [-0.1, -0.05) is 67.6 Å². The first-order chi connectivity index (χ1) is 22.4. The predicted molar refractivity (Wildman–Crippen MR) is 174 cm³/mol. The molecule has 7 nitrogen and oxygen atoms in total.